The van der Waals surface area contributed by atoms with Gasteiger partial charge in [0.05, 0.1) is 18.4 Å². The average molecular weight is 384 g/mol. The van der Waals surface area contributed by atoms with Gasteiger partial charge in [-0.3, -0.25) is 0 Å². The highest BCUT2D eigenvalue weighted by atomic mass is 35.5. The molecule has 0 unspecified atom stereocenters. The fraction of sp³-hybridized carbons (Fsp3) is 0.105. The monoisotopic (exact) mass is 383 g/mol. The van der Waals surface area contributed by atoms with Crippen molar-refractivity contribution < 1.29 is 9.53 Å². The van der Waals surface area contributed by atoms with E-state index in [1.54, 1.807) is 42.3 Å². The normalized spacial score (nSPS) is 10.3. The number of ether oxygens (including phenoxy) is 1. The van der Waals surface area contributed by atoms with E-state index in [1.807, 2.05) is 18.2 Å². The number of esters is 1. The number of halogens is 1. The smallest absolute Gasteiger partial charge is 0.339 e. The maximum Gasteiger partial charge on any atom is 0.339 e. The van der Waals surface area contributed by atoms with Gasteiger partial charge >= 0.3 is 5.97 Å². The lowest BCUT2D eigenvalue weighted by Crippen LogP contribution is -2.18. The van der Waals surface area contributed by atoms with Crippen molar-refractivity contribution in [3.05, 3.63) is 65.4 Å². The number of methoxy groups -OCH3 is 1. The predicted octanol–water partition coefficient (Wildman–Crippen LogP) is 4.01. The molecule has 138 valence electrons. The summed E-state index contributed by atoms with van der Waals surface area (Å²) in [6.45, 7) is 0. The number of hydrogen-bond acceptors (Lipinski definition) is 7. The van der Waals surface area contributed by atoms with Crippen molar-refractivity contribution in [1.82, 2.24) is 9.97 Å². The number of anilines is 5. The number of nitrogens with one attached hydrogen (secondary N) is 1. The third-order valence-corrected chi connectivity index (χ3v) is 4.21. The lowest BCUT2D eigenvalue weighted by Gasteiger charge is -2.23. The zero-order chi connectivity index (χ0) is 19.4. The van der Waals surface area contributed by atoms with Crippen molar-refractivity contribution in [3.8, 4) is 0 Å². The molecule has 3 rings (SSSR count). The van der Waals surface area contributed by atoms with Gasteiger partial charge in [0.15, 0.2) is 11.6 Å². The van der Waals surface area contributed by atoms with Crippen molar-refractivity contribution in [2.24, 2.45) is 0 Å². The molecule has 3 N–H and O–H groups in total. The molecule has 1 heterocycles. The molecule has 7 nitrogen and oxygen atoms in total. The largest absolute Gasteiger partial charge is 0.465 e. The van der Waals surface area contributed by atoms with Gasteiger partial charge in [-0.25, -0.2) is 14.8 Å². The molecular formula is C19H18ClN5O2. The van der Waals surface area contributed by atoms with Gasteiger partial charge in [-0.2, -0.15) is 0 Å². The molecule has 0 amide bonds. The molecule has 0 atom stereocenters. The lowest BCUT2D eigenvalue weighted by atomic mass is 10.1. The second-order valence-corrected chi connectivity index (χ2v) is 6.10. The van der Waals surface area contributed by atoms with Crippen LogP contribution >= 0.6 is 11.6 Å². The van der Waals surface area contributed by atoms with Crippen LogP contribution < -0.4 is 16.0 Å². The van der Waals surface area contributed by atoms with Gasteiger partial charge in [0, 0.05) is 17.8 Å². The summed E-state index contributed by atoms with van der Waals surface area (Å²) < 4.78 is 4.85. The van der Waals surface area contributed by atoms with E-state index in [0.29, 0.717) is 33.6 Å². The summed E-state index contributed by atoms with van der Waals surface area (Å²) >= 11 is 5.91. The Kier molecular flexibility index (Phi) is 5.42. The molecule has 0 saturated carbocycles. The fourth-order valence-corrected chi connectivity index (χ4v) is 2.71. The first-order chi connectivity index (χ1) is 13.0. The number of nitrogens with two attached hydrogens (primary N) is 1. The van der Waals surface area contributed by atoms with Crippen LogP contribution in [-0.4, -0.2) is 30.1 Å². The summed E-state index contributed by atoms with van der Waals surface area (Å²) in [6, 6.07) is 14.2. The minimum absolute atomic E-state index is 0.342. The zero-order valence-corrected chi connectivity index (χ0v) is 15.6. The van der Waals surface area contributed by atoms with Crippen LogP contribution in [0.2, 0.25) is 5.02 Å². The molecule has 27 heavy (non-hydrogen) atoms. The number of carbonyl (C=O) groups is 1. The number of hydrogen-bond donors (Lipinski definition) is 2. The second kappa shape index (κ2) is 7.92. The Balaban J connectivity index is 1.96. The molecule has 0 bridgehead atoms. The molecular weight excluding hydrogens is 366 g/mol. The van der Waals surface area contributed by atoms with E-state index in [0.717, 1.165) is 5.69 Å². The third kappa shape index (κ3) is 3.93. The molecule has 0 aliphatic carbocycles. The lowest BCUT2D eigenvalue weighted by molar-refractivity contribution is 0.0601. The molecule has 1 aromatic heterocycles. The Hall–Kier alpha value is -3.32. The van der Waals surface area contributed by atoms with Gasteiger partial charge in [0.1, 0.15) is 12.0 Å². The van der Waals surface area contributed by atoms with Gasteiger partial charge in [-0.05, 0) is 36.4 Å². The summed E-state index contributed by atoms with van der Waals surface area (Å²) in [6.07, 6.45) is 1.40. The summed E-state index contributed by atoms with van der Waals surface area (Å²) in [5.74, 6) is 0.465. The first kappa shape index (κ1) is 18.5. The Morgan fingerprint density at radius 3 is 2.56 bits per heavy atom. The summed E-state index contributed by atoms with van der Waals surface area (Å²) in [5, 5.41) is 3.78. The highest BCUT2D eigenvalue weighted by Gasteiger charge is 2.19. The van der Waals surface area contributed by atoms with Crippen LogP contribution in [0.3, 0.4) is 0 Å². The Labute approximate surface area is 161 Å². The average Bonchev–Trinajstić information content (AvgIpc) is 2.70. The van der Waals surface area contributed by atoms with Crippen LogP contribution in [0.1, 0.15) is 10.4 Å². The van der Waals surface area contributed by atoms with E-state index in [-0.39, 0.29) is 0 Å². The molecule has 8 heteroatoms. The van der Waals surface area contributed by atoms with Gasteiger partial charge in [-0.15, -0.1) is 0 Å². The number of para-hydroxylation sites is 1. The van der Waals surface area contributed by atoms with Crippen molar-refractivity contribution in [2.75, 3.05) is 30.1 Å². The maximum atomic E-state index is 12.1. The Bertz CT molecular complexity index is 963. The van der Waals surface area contributed by atoms with E-state index in [2.05, 4.69) is 15.3 Å². The predicted molar refractivity (Wildman–Crippen MR) is 107 cm³/mol. The van der Waals surface area contributed by atoms with Crippen LogP contribution in [0.25, 0.3) is 0 Å². The highest BCUT2D eigenvalue weighted by molar-refractivity contribution is 6.30. The molecule has 2 aromatic carbocycles. The van der Waals surface area contributed by atoms with E-state index in [9.17, 15) is 4.79 Å². The number of aromatic nitrogens is 2. The van der Waals surface area contributed by atoms with Crippen LogP contribution in [-0.2, 0) is 4.74 Å². The SMILES string of the molecule is COC(=O)c1ccccc1N(C)c1ncnc(Nc2ccc(Cl)cc2)c1N. The number of benzene rings is 2. The van der Waals surface area contributed by atoms with Gasteiger partial charge in [0.2, 0.25) is 0 Å². The van der Waals surface area contributed by atoms with Crippen LogP contribution in [0.15, 0.2) is 54.9 Å². The molecule has 0 saturated heterocycles. The van der Waals surface area contributed by atoms with E-state index in [4.69, 9.17) is 22.1 Å². The standard InChI is InChI=1S/C19H18ClN5O2/c1-25(15-6-4-3-5-14(15)19(26)27-2)18-16(21)17(22-11-23-18)24-13-9-7-12(20)8-10-13/h3-11H,21H2,1-2H3,(H,22,23,24). The van der Waals surface area contributed by atoms with Crippen molar-refractivity contribution >= 4 is 46.3 Å². The molecule has 0 radical (unpaired) electrons. The minimum Gasteiger partial charge on any atom is -0.465 e. The van der Waals surface area contributed by atoms with Gasteiger partial charge < -0.3 is 20.7 Å². The fourth-order valence-electron chi connectivity index (χ4n) is 2.59. The maximum absolute atomic E-state index is 12.1. The topological polar surface area (TPSA) is 93.4 Å². The van der Waals surface area contributed by atoms with E-state index in [1.165, 1.54) is 13.4 Å². The Morgan fingerprint density at radius 2 is 1.85 bits per heavy atom. The van der Waals surface area contributed by atoms with Crippen LogP contribution in [0.4, 0.5) is 28.7 Å². The van der Waals surface area contributed by atoms with Crippen LogP contribution in [0.5, 0.6) is 0 Å². The van der Waals surface area contributed by atoms with Crippen molar-refractivity contribution in [3.63, 3.8) is 0 Å². The highest BCUT2D eigenvalue weighted by Crippen LogP contribution is 2.33. The van der Waals surface area contributed by atoms with Crippen molar-refractivity contribution in [2.45, 2.75) is 0 Å². The third-order valence-electron chi connectivity index (χ3n) is 3.96. The summed E-state index contributed by atoms with van der Waals surface area (Å²) in [5.41, 5.74) is 8.44. The van der Waals surface area contributed by atoms with Gasteiger partial charge in [-0.1, -0.05) is 23.7 Å². The first-order valence-corrected chi connectivity index (χ1v) is 8.43. The summed E-state index contributed by atoms with van der Waals surface area (Å²) in [7, 11) is 3.11. The molecule has 0 aliphatic heterocycles. The van der Waals surface area contributed by atoms with Crippen molar-refractivity contribution in [1.29, 1.82) is 0 Å². The van der Waals surface area contributed by atoms with E-state index < -0.39 is 5.97 Å². The molecule has 0 spiro atoms. The number of rotatable bonds is 5. The minimum atomic E-state index is -0.440. The second-order valence-electron chi connectivity index (χ2n) is 5.66. The summed E-state index contributed by atoms with van der Waals surface area (Å²) in [4.78, 5) is 22.3. The quantitative estimate of drug-likeness (QED) is 0.643. The van der Waals surface area contributed by atoms with Gasteiger partial charge in [0.25, 0.3) is 0 Å². The van der Waals surface area contributed by atoms with Crippen LogP contribution in [0, 0.1) is 0 Å². The Morgan fingerprint density at radius 1 is 1.15 bits per heavy atom. The zero-order valence-electron chi connectivity index (χ0n) is 14.8. The molecule has 0 aliphatic rings. The first-order valence-electron chi connectivity index (χ1n) is 8.05. The number of nitrogen functional groups attached to an aromatic ring is 1. The molecule has 0 fully saturated rings. The number of nitrogens with zero attached hydrogens (tertiary/aromatic N) is 3. The molecule has 3 aromatic rings. The number of carbonyl (C=O) groups excluding carboxylic acids is 1. The van der Waals surface area contributed by atoms with E-state index >= 15 is 0 Å².